The quantitative estimate of drug-likeness (QED) is 0.409. The predicted molar refractivity (Wildman–Crippen MR) is 136 cm³/mol. The topological polar surface area (TPSA) is 92.8 Å². The molecule has 3 aromatic rings. The van der Waals surface area contributed by atoms with Gasteiger partial charge in [0, 0.05) is 22.5 Å². The molecule has 1 fully saturated rings. The minimum Gasteiger partial charge on any atom is -0.454 e. The van der Waals surface area contributed by atoms with Gasteiger partial charge in [-0.05, 0) is 53.4 Å². The Morgan fingerprint density at radius 3 is 1.76 bits per heavy atom. The van der Waals surface area contributed by atoms with Crippen molar-refractivity contribution in [3.05, 3.63) is 100 Å². The van der Waals surface area contributed by atoms with Crippen LogP contribution in [0.5, 0.6) is 0 Å². The summed E-state index contributed by atoms with van der Waals surface area (Å²) in [6.45, 7) is 0.922. The van der Waals surface area contributed by atoms with Gasteiger partial charge in [-0.25, -0.2) is 4.79 Å². The molecule has 4 aliphatic rings. The molecule has 1 N–H and O–H groups in total. The number of benzene rings is 3. The van der Waals surface area contributed by atoms with Crippen LogP contribution >= 0.6 is 11.6 Å². The van der Waals surface area contributed by atoms with Crippen molar-refractivity contribution >= 4 is 41.0 Å². The summed E-state index contributed by atoms with van der Waals surface area (Å²) < 4.78 is 5.19. The average molecular weight is 515 g/mol. The first-order valence-corrected chi connectivity index (χ1v) is 12.5. The molecule has 0 spiro atoms. The SMILES string of the molecule is C[C@H](C(=O)OCC(=O)Nc1ccc(Cl)cc1)N1C(=O)[C@@H]2C3c4ccccc4C(c4ccccc43)[C@@H]2C1=O. The van der Waals surface area contributed by atoms with Crippen LogP contribution in [0.25, 0.3) is 0 Å². The molecule has 0 saturated carbocycles. The molecule has 8 heteroatoms. The van der Waals surface area contributed by atoms with Crippen molar-refractivity contribution in [1.82, 2.24) is 4.90 Å². The van der Waals surface area contributed by atoms with Crippen LogP contribution < -0.4 is 5.32 Å². The molecule has 1 aliphatic heterocycles. The van der Waals surface area contributed by atoms with Crippen molar-refractivity contribution in [2.75, 3.05) is 11.9 Å². The van der Waals surface area contributed by atoms with Gasteiger partial charge < -0.3 is 10.1 Å². The summed E-state index contributed by atoms with van der Waals surface area (Å²) in [4.78, 5) is 53.6. The van der Waals surface area contributed by atoms with Gasteiger partial charge in [-0.3, -0.25) is 19.3 Å². The van der Waals surface area contributed by atoms with Gasteiger partial charge in [0.05, 0.1) is 11.8 Å². The molecule has 0 unspecified atom stereocenters. The maximum atomic E-state index is 13.7. The van der Waals surface area contributed by atoms with E-state index in [4.69, 9.17) is 16.3 Å². The number of nitrogens with zero attached hydrogens (tertiary/aromatic N) is 1. The molecule has 3 amide bonds. The van der Waals surface area contributed by atoms with Crippen LogP contribution in [0.1, 0.15) is 41.0 Å². The summed E-state index contributed by atoms with van der Waals surface area (Å²) >= 11 is 5.85. The zero-order chi connectivity index (χ0) is 25.8. The van der Waals surface area contributed by atoms with E-state index in [1.807, 2.05) is 48.5 Å². The predicted octanol–water partition coefficient (Wildman–Crippen LogP) is 4.10. The number of hydrogen-bond acceptors (Lipinski definition) is 5. The first-order chi connectivity index (χ1) is 17.9. The van der Waals surface area contributed by atoms with Gasteiger partial charge in [-0.15, -0.1) is 0 Å². The van der Waals surface area contributed by atoms with Crippen molar-refractivity contribution in [2.24, 2.45) is 11.8 Å². The highest BCUT2D eigenvalue weighted by Crippen LogP contribution is 2.61. The smallest absolute Gasteiger partial charge is 0.329 e. The fraction of sp³-hybridized carbons (Fsp3) is 0.241. The number of rotatable bonds is 5. The molecule has 7 rings (SSSR count). The summed E-state index contributed by atoms with van der Waals surface area (Å²) in [6, 6.07) is 21.2. The normalized spacial score (nSPS) is 23.7. The molecule has 3 aromatic carbocycles. The second kappa shape index (κ2) is 8.85. The van der Waals surface area contributed by atoms with E-state index in [-0.39, 0.29) is 23.7 Å². The number of likely N-dealkylation sites (tertiary alicyclic amines) is 1. The van der Waals surface area contributed by atoms with Crippen LogP contribution in [0, 0.1) is 11.8 Å². The summed E-state index contributed by atoms with van der Waals surface area (Å²) in [5, 5.41) is 3.14. The highest BCUT2D eigenvalue weighted by atomic mass is 35.5. The van der Waals surface area contributed by atoms with Gasteiger partial charge in [0.2, 0.25) is 11.8 Å². The van der Waals surface area contributed by atoms with Gasteiger partial charge in [-0.1, -0.05) is 60.1 Å². The molecule has 0 radical (unpaired) electrons. The average Bonchev–Trinajstić information content (AvgIpc) is 3.18. The Morgan fingerprint density at radius 1 is 0.838 bits per heavy atom. The van der Waals surface area contributed by atoms with Crippen molar-refractivity contribution in [3.63, 3.8) is 0 Å². The van der Waals surface area contributed by atoms with Gasteiger partial charge >= 0.3 is 5.97 Å². The van der Waals surface area contributed by atoms with Crippen molar-refractivity contribution in [1.29, 1.82) is 0 Å². The lowest BCUT2D eigenvalue weighted by molar-refractivity contribution is -0.159. The monoisotopic (exact) mass is 514 g/mol. The van der Waals surface area contributed by atoms with Crippen LogP contribution in [0.2, 0.25) is 5.02 Å². The number of imide groups is 1. The third-order valence-electron chi connectivity index (χ3n) is 7.68. The number of esters is 1. The van der Waals surface area contributed by atoms with Crippen LogP contribution in [-0.4, -0.2) is 41.2 Å². The van der Waals surface area contributed by atoms with E-state index in [1.54, 1.807) is 24.3 Å². The summed E-state index contributed by atoms with van der Waals surface area (Å²) in [7, 11) is 0. The van der Waals surface area contributed by atoms with Crippen LogP contribution in [0.15, 0.2) is 72.8 Å². The van der Waals surface area contributed by atoms with E-state index in [9.17, 15) is 19.2 Å². The fourth-order valence-corrected chi connectivity index (χ4v) is 6.30. The Kier molecular flexibility index (Phi) is 5.60. The molecule has 186 valence electrons. The number of ether oxygens (including phenoxy) is 1. The molecule has 3 aliphatic carbocycles. The Balaban J connectivity index is 1.21. The van der Waals surface area contributed by atoms with E-state index in [0.29, 0.717) is 10.7 Å². The largest absolute Gasteiger partial charge is 0.454 e. The van der Waals surface area contributed by atoms with E-state index in [2.05, 4.69) is 5.32 Å². The second-order valence-electron chi connectivity index (χ2n) is 9.65. The number of amides is 3. The maximum absolute atomic E-state index is 13.7. The minimum absolute atomic E-state index is 0.253. The molecule has 0 aromatic heterocycles. The number of carbonyl (C=O) groups is 4. The second-order valence-corrected chi connectivity index (χ2v) is 10.1. The standard InChI is InChI=1S/C29H23ClN2O5/c1-15(29(36)37-14-22(33)31-17-12-10-16(30)11-13-17)32-27(34)25-23-18-6-2-3-7-19(18)24(26(25)28(32)35)21-9-5-4-8-20(21)23/h2-13,15,23-26H,14H2,1H3,(H,31,33)/t15-,23?,24?,25-,26+/m1/s1. The highest BCUT2D eigenvalue weighted by Gasteiger charge is 2.62. The van der Waals surface area contributed by atoms with Crippen molar-refractivity contribution < 1.29 is 23.9 Å². The number of nitrogens with one attached hydrogen (secondary N) is 1. The van der Waals surface area contributed by atoms with E-state index in [0.717, 1.165) is 27.2 Å². The third kappa shape index (κ3) is 3.64. The zero-order valence-electron chi connectivity index (χ0n) is 19.9. The molecule has 1 heterocycles. The molecule has 1 saturated heterocycles. The van der Waals surface area contributed by atoms with E-state index < -0.39 is 36.4 Å². The summed E-state index contributed by atoms with van der Waals surface area (Å²) in [5.41, 5.74) is 4.74. The Hall–Kier alpha value is -3.97. The van der Waals surface area contributed by atoms with Crippen molar-refractivity contribution in [2.45, 2.75) is 24.8 Å². The van der Waals surface area contributed by atoms with Gasteiger partial charge in [0.1, 0.15) is 6.04 Å². The number of carbonyl (C=O) groups excluding carboxylic acids is 4. The van der Waals surface area contributed by atoms with Crippen molar-refractivity contribution in [3.8, 4) is 0 Å². The van der Waals surface area contributed by atoms with Crippen LogP contribution in [0.3, 0.4) is 0 Å². The molecular formula is C29H23ClN2O5. The minimum atomic E-state index is -1.15. The first kappa shape index (κ1) is 23.4. The summed E-state index contributed by atoms with van der Waals surface area (Å²) in [6.07, 6.45) is 0. The molecular weight excluding hydrogens is 492 g/mol. The first-order valence-electron chi connectivity index (χ1n) is 12.1. The van der Waals surface area contributed by atoms with E-state index >= 15 is 0 Å². The Labute approximate surface area is 218 Å². The molecule has 2 bridgehead atoms. The zero-order valence-corrected chi connectivity index (χ0v) is 20.6. The van der Waals surface area contributed by atoms with E-state index in [1.165, 1.54) is 6.92 Å². The van der Waals surface area contributed by atoms with Gasteiger partial charge in [0.15, 0.2) is 6.61 Å². The lowest BCUT2D eigenvalue weighted by atomic mass is 9.55. The summed E-state index contributed by atoms with van der Waals surface area (Å²) in [5.74, 6) is -3.76. The number of anilines is 1. The van der Waals surface area contributed by atoms with Crippen LogP contribution in [0.4, 0.5) is 5.69 Å². The lowest BCUT2D eigenvalue weighted by Crippen LogP contribution is -2.45. The molecule has 7 nitrogen and oxygen atoms in total. The Bertz CT molecular complexity index is 1340. The van der Waals surface area contributed by atoms with Gasteiger partial charge in [-0.2, -0.15) is 0 Å². The van der Waals surface area contributed by atoms with Gasteiger partial charge in [0.25, 0.3) is 5.91 Å². The van der Waals surface area contributed by atoms with Crippen LogP contribution in [-0.2, 0) is 23.9 Å². The third-order valence-corrected chi connectivity index (χ3v) is 7.94. The number of halogens is 1. The fourth-order valence-electron chi connectivity index (χ4n) is 6.18. The maximum Gasteiger partial charge on any atom is 0.329 e. The molecule has 3 atom stereocenters. The number of hydrogen-bond donors (Lipinski definition) is 1. The molecule has 37 heavy (non-hydrogen) atoms. The highest BCUT2D eigenvalue weighted by molar-refractivity contribution is 6.30. The Morgan fingerprint density at radius 2 is 1.30 bits per heavy atom. The lowest BCUT2D eigenvalue weighted by Gasteiger charge is -2.45.